The zero-order chi connectivity index (χ0) is 21.3. The number of Topliss-reactive ketones (excluding diaryl/α,β-unsaturated/α-hetero) is 1. The van der Waals surface area contributed by atoms with Gasteiger partial charge in [-0.15, -0.1) is 0 Å². The Morgan fingerprint density at radius 1 is 1.30 bits per heavy atom. The molecule has 0 bridgehead atoms. The van der Waals surface area contributed by atoms with Crippen LogP contribution in [-0.2, 0) is 23.9 Å². The summed E-state index contributed by atoms with van der Waals surface area (Å²) >= 11 is 0. The number of ketones is 1. The Labute approximate surface area is 172 Å². The van der Waals surface area contributed by atoms with Crippen LogP contribution < -0.4 is 0 Å². The van der Waals surface area contributed by atoms with Crippen LogP contribution in [-0.4, -0.2) is 70.2 Å². The molecule has 0 aromatic carbocycles. The molecular weight excluding hydrogens is 388 g/mol. The van der Waals surface area contributed by atoms with E-state index in [-0.39, 0.29) is 29.7 Å². The smallest absolute Gasteiger partial charge is 0.347 e. The number of carbonyl (C=O) groups excluding carboxylic acids is 3. The zero-order valence-corrected chi connectivity index (χ0v) is 16.8. The van der Waals surface area contributed by atoms with E-state index in [1.165, 1.54) is 6.92 Å². The van der Waals surface area contributed by atoms with Crippen molar-refractivity contribution in [3.63, 3.8) is 0 Å². The first-order valence-electron chi connectivity index (χ1n) is 9.77. The maximum absolute atomic E-state index is 13.0. The second-order valence-electron chi connectivity index (χ2n) is 6.98. The summed E-state index contributed by atoms with van der Waals surface area (Å²) in [5.41, 5.74) is 1.30. The maximum Gasteiger partial charge on any atom is 0.347 e. The van der Waals surface area contributed by atoms with E-state index < -0.39 is 11.8 Å². The molecule has 2 aliphatic rings. The van der Waals surface area contributed by atoms with Gasteiger partial charge in [-0.25, -0.2) is 9.78 Å². The number of ether oxygens (including phenoxy) is 2. The van der Waals surface area contributed by atoms with Gasteiger partial charge < -0.3 is 24.3 Å². The summed E-state index contributed by atoms with van der Waals surface area (Å²) in [5, 5.41) is 0.836. The van der Waals surface area contributed by atoms with E-state index in [4.69, 9.17) is 9.47 Å². The number of allylic oxidation sites excluding steroid dienone is 1. The van der Waals surface area contributed by atoms with Crippen LogP contribution in [0.1, 0.15) is 19.4 Å². The van der Waals surface area contributed by atoms with Crippen LogP contribution in [0.25, 0.3) is 17.1 Å². The van der Waals surface area contributed by atoms with Gasteiger partial charge in [-0.1, -0.05) is 0 Å². The molecule has 1 N–H and O–H groups in total. The molecule has 0 radical (unpaired) electrons. The first-order chi connectivity index (χ1) is 14.5. The minimum Gasteiger partial charge on any atom is -0.462 e. The molecule has 0 unspecified atom stereocenters. The van der Waals surface area contributed by atoms with Crippen molar-refractivity contribution < 1.29 is 23.9 Å². The van der Waals surface area contributed by atoms with Crippen molar-refractivity contribution in [3.8, 4) is 0 Å². The van der Waals surface area contributed by atoms with Crippen LogP contribution >= 0.6 is 0 Å². The molecule has 2 aromatic heterocycles. The number of fused-ring (bicyclic) bond motifs is 1. The number of hydrogen-bond donors (Lipinski definition) is 1. The number of H-pyrrole nitrogens is 1. The van der Waals surface area contributed by atoms with Gasteiger partial charge in [0.15, 0.2) is 11.3 Å². The Balaban J connectivity index is 1.65. The SMILES string of the molecule is CCOC(=O)C1=C(N2CCN(C(C)=O)CC2)O/C(=C\c2c[nH]c3ncccc23)C1=O. The van der Waals surface area contributed by atoms with Gasteiger partial charge in [0.1, 0.15) is 5.65 Å². The molecule has 0 spiro atoms. The summed E-state index contributed by atoms with van der Waals surface area (Å²) in [7, 11) is 0. The Bertz CT molecular complexity index is 1080. The second kappa shape index (κ2) is 8.02. The summed E-state index contributed by atoms with van der Waals surface area (Å²) in [4.78, 5) is 48.0. The number of carbonyl (C=O) groups is 3. The number of hydrogen-bond acceptors (Lipinski definition) is 7. The van der Waals surface area contributed by atoms with Crippen LogP contribution in [0.5, 0.6) is 0 Å². The third-order valence-electron chi connectivity index (χ3n) is 5.13. The fraction of sp³-hybridized carbons (Fsp3) is 0.333. The van der Waals surface area contributed by atoms with Crippen molar-refractivity contribution in [3.05, 3.63) is 47.3 Å². The molecule has 0 saturated carbocycles. The van der Waals surface area contributed by atoms with Gasteiger partial charge in [-0.2, -0.15) is 0 Å². The number of amides is 1. The lowest BCUT2D eigenvalue weighted by Gasteiger charge is -2.35. The Kier molecular flexibility index (Phi) is 5.26. The quantitative estimate of drug-likeness (QED) is 0.462. The third kappa shape index (κ3) is 3.54. The number of piperazine rings is 1. The normalized spacial score (nSPS) is 18.3. The van der Waals surface area contributed by atoms with Crippen LogP contribution in [0.2, 0.25) is 0 Å². The molecule has 1 amide bonds. The van der Waals surface area contributed by atoms with Crippen molar-refractivity contribution in [2.75, 3.05) is 32.8 Å². The molecular formula is C21H22N4O5. The van der Waals surface area contributed by atoms with Crippen LogP contribution in [0.4, 0.5) is 0 Å². The summed E-state index contributed by atoms with van der Waals surface area (Å²) in [6.45, 7) is 5.23. The standard InChI is InChI=1S/C21H22N4O5/c1-3-29-21(28)17-18(27)16(11-14-12-23-19-15(14)5-4-6-22-19)30-20(17)25-9-7-24(8-10-25)13(2)26/h4-6,11-12H,3,7-10H2,1-2H3,(H,22,23)/b16-11-. The number of aromatic amines is 1. The predicted octanol–water partition coefficient (Wildman–Crippen LogP) is 1.44. The number of nitrogens with one attached hydrogen (secondary N) is 1. The monoisotopic (exact) mass is 410 g/mol. The Hall–Kier alpha value is -3.62. The average Bonchev–Trinajstić information content (AvgIpc) is 3.30. The molecule has 156 valence electrons. The fourth-order valence-corrected chi connectivity index (χ4v) is 3.59. The molecule has 2 aromatic rings. The highest BCUT2D eigenvalue weighted by Gasteiger charge is 2.40. The van der Waals surface area contributed by atoms with E-state index >= 15 is 0 Å². The van der Waals surface area contributed by atoms with E-state index in [1.807, 2.05) is 6.07 Å². The van der Waals surface area contributed by atoms with Crippen molar-refractivity contribution >= 4 is 34.8 Å². The highest BCUT2D eigenvalue weighted by molar-refractivity contribution is 6.26. The lowest BCUT2D eigenvalue weighted by molar-refractivity contribution is -0.140. The molecule has 4 heterocycles. The van der Waals surface area contributed by atoms with Gasteiger partial charge in [0, 0.05) is 56.4 Å². The van der Waals surface area contributed by atoms with Crippen LogP contribution in [0.3, 0.4) is 0 Å². The first kappa shape index (κ1) is 19.7. The van der Waals surface area contributed by atoms with Gasteiger partial charge in [0.05, 0.1) is 6.61 Å². The number of esters is 1. The Morgan fingerprint density at radius 2 is 2.07 bits per heavy atom. The van der Waals surface area contributed by atoms with E-state index in [9.17, 15) is 14.4 Å². The second-order valence-corrected chi connectivity index (χ2v) is 6.98. The molecule has 2 aliphatic heterocycles. The number of pyridine rings is 1. The van der Waals surface area contributed by atoms with Crippen molar-refractivity contribution in [1.29, 1.82) is 0 Å². The van der Waals surface area contributed by atoms with E-state index in [0.717, 1.165) is 10.9 Å². The average molecular weight is 410 g/mol. The van der Waals surface area contributed by atoms with E-state index in [2.05, 4.69) is 9.97 Å². The van der Waals surface area contributed by atoms with E-state index in [1.54, 1.807) is 41.3 Å². The third-order valence-corrected chi connectivity index (χ3v) is 5.13. The van der Waals surface area contributed by atoms with Gasteiger partial charge in [0.25, 0.3) is 0 Å². The number of rotatable bonds is 4. The van der Waals surface area contributed by atoms with E-state index in [0.29, 0.717) is 31.8 Å². The summed E-state index contributed by atoms with van der Waals surface area (Å²) in [5.74, 6) is -1.00. The first-order valence-corrected chi connectivity index (χ1v) is 9.77. The largest absolute Gasteiger partial charge is 0.462 e. The van der Waals surface area contributed by atoms with Gasteiger partial charge >= 0.3 is 5.97 Å². The summed E-state index contributed by atoms with van der Waals surface area (Å²) < 4.78 is 11.0. The zero-order valence-electron chi connectivity index (χ0n) is 16.8. The lowest BCUT2D eigenvalue weighted by atomic mass is 10.1. The van der Waals surface area contributed by atoms with Gasteiger partial charge in [-0.05, 0) is 25.1 Å². The van der Waals surface area contributed by atoms with Crippen LogP contribution in [0.15, 0.2) is 41.7 Å². The lowest BCUT2D eigenvalue weighted by Crippen LogP contribution is -2.47. The topological polar surface area (TPSA) is 105 Å². The Morgan fingerprint density at radius 3 is 2.77 bits per heavy atom. The molecule has 4 rings (SSSR count). The molecule has 1 fully saturated rings. The molecule has 0 aliphatic carbocycles. The van der Waals surface area contributed by atoms with Gasteiger partial charge in [0.2, 0.25) is 17.6 Å². The molecule has 9 heteroatoms. The molecule has 30 heavy (non-hydrogen) atoms. The number of nitrogens with zero attached hydrogens (tertiary/aromatic N) is 3. The highest BCUT2D eigenvalue weighted by atomic mass is 16.5. The fourth-order valence-electron chi connectivity index (χ4n) is 3.59. The highest BCUT2D eigenvalue weighted by Crippen LogP contribution is 2.31. The summed E-state index contributed by atoms with van der Waals surface area (Å²) in [6.07, 6.45) is 5.00. The minimum atomic E-state index is -0.713. The summed E-state index contributed by atoms with van der Waals surface area (Å²) in [6, 6.07) is 3.68. The van der Waals surface area contributed by atoms with Crippen molar-refractivity contribution in [1.82, 2.24) is 19.8 Å². The van der Waals surface area contributed by atoms with Gasteiger partial charge in [-0.3, -0.25) is 9.59 Å². The molecule has 0 atom stereocenters. The van der Waals surface area contributed by atoms with Crippen molar-refractivity contribution in [2.24, 2.45) is 0 Å². The molecule has 9 nitrogen and oxygen atoms in total. The minimum absolute atomic E-state index is 0.00815. The van der Waals surface area contributed by atoms with Crippen LogP contribution in [0, 0.1) is 0 Å². The van der Waals surface area contributed by atoms with Crippen molar-refractivity contribution in [2.45, 2.75) is 13.8 Å². The maximum atomic E-state index is 13.0. The molecule has 1 saturated heterocycles. The predicted molar refractivity (Wildman–Crippen MR) is 108 cm³/mol. The number of aromatic nitrogens is 2.